The van der Waals surface area contributed by atoms with Crippen molar-refractivity contribution in [1.82, 2.24) is 0 Å². The molecule has 2 rings (SSSR count). The van der Waals surface area contributed by atoms with Crippen LogP contribution in [0.5, 0.6) is 5.75 Å². The average molecular weight is 232 g/mol. The fraction of sp³-hybridized carbons (Fsp3) is 0.417. The molecule has 0 unspecified atom stereocenters. The van der Waals surface area contributed by atoms with Crippen LogP contribution in [0.1, 0.15) is 24.8 Å². The highest BCUT2D eigenvalue weighted by Gasteiger charge is 2.43. The van der Waals surface area contributed by atoms with Gasteiger partial charge in [0.2, 0.25) is 0 Å². The summed E-state index contributed by atoms with van der Waals surface area (Å²) < 4.78 is 4.97. The summed E-state index contributed by atoms with van der Waals surface area (Å²) in [4.78, 5) is 10.6. The minimum Gasteiger partial charge on any atom is -0.497 e. The van der Waals surface area contributed by atoms with Gasteiger partial charge in [-0.1, -0.05) is 0 Å². The number of rotatable bonds is 3. The maximum atomic E-state index is 11.0. The van der Waals surface area contributed by atoms with Gasteiger partial charge in [-0.3, -0.25) is 10.1 Å². The lowest BCUT2D eigenvalue weighted by Gasteiger charge is -2.35. The Kier molecular flexibility index (Phi) is 2.72. The molecule has 1 fully saturated rings. The number of nitro groups is 1. The molecule has 0 N–H and O–H groups in total. The lowest BCUT2D eigenvalue weighted by molar-refractivity contribution is -0.386. The predicted octanol–water partition coefficient (Wildman–Crippen LogP) is 2.55. The number of nitrogens with zero attached hydrogens (tertiary/aromatic N) is 2. The molecule has 0 saturated heterocycles. The Bertz CT molecular complexity index is 501. The molecule has 17 heavy (non-hydrogen) atoms. The first-order chi connectivity index (χ1) is 8.13. The van der Waals surface area contributed by atoms with Crippen molar-refractivity contribution in [1.29, 1.82) is 5.26 Å². The van der Waals surface area contributed by atoms with Crippen molar-refractivity contribution in [2.75, 3.05) is 7.11 Å². The maximum Gasteiger partial charge on any atom is 0.277 e. The molecule has 0 heterocycles. The summed E-state index contributed by atoms with van der Waals surface area (Å²) in [6, 6.07) is 6.91. The molecular formula is C12H12N2O3. The van der Waals surface area contributed by atoms with Crippen LogP contribution >= 0.6 is 0 Å². The summed E-state index contributed by atoms with van der Waals surface area (Å²) in [7, 11) is 1.46. The van der Waals surface area contributed by atoms with Gasteiger partial charge >= 0.3 is 0 Å². The Balaban J connectivity index is 2.54. The van der Waals surface area contributed by atoms with Crippen molar-refractivity contribution in [3.63, 3.8) is 0 Å². The van der Waals surface area contributed by atoms with Gasteiger partial charge in [-0.05, 0) is 31.4 Å². The highest BCUT2D eigenvalue weighted by atomic mass is 16.6. The third-order valence-corrected chi connectivity index (χ3v) is 3.34. The largest absolute Gasteiger partial charge is 0.497 e. The van der Waals surface area contributed by atoms with E-state index in [1.165, 1.54) is 13.2 Å². The van der Waals surface area contributed by atoms with Crippen LogP contribution in [0, 0.1) is 21.4 Å². The van der Waals surface area contributed by atoms with E-state index in [0.29, 0.717) is 24.2 Å². The van der Waals surface area contributed by atoms with Gasteiger partial charge in [-0.2, -0.15) is 5.26 Å². The molecule has 0 amide bonds. The van der Waals surface area contributed by atoms with E-state index in [1.807, 2.05) is 0 Å². The second-order valence-electron chi connectivity index (χ2n) is 4.19. The zero-order valence-electron chi connectivity index (χ0n) is 9.47. The van der Waals surface area contributed by atoms with Gasteiger partial charge in [0.25, 0.3) is 5.69 Å². The Morgan fingerprint density at radius 2 is 2.24 bits per heavy atom. The van der Waals surface area contributed by atoms with Gasteiger partial charge in [0, 0.05) is 0 Å². The quantitative estimate of drug-likeness (QED) is 0.592. The minimum atomic E-state index is -0.672. The molecule has 0 aromatic heterocycles. The Morgan fingerprint density at radius 1 is 1.53 bits per heavy atom. The molecule has 1 aromatic rings. The molecule has 0 atom stereocenters. The number of ether oxygens (including phenoxy) is 1. The van der Waals surface area contributed by atoms with Crippen molar-refractivity contribution in [3.05, 3.63) is 33.9 Å². The molecular weight excluding hydrogens is 220 g/mol. The standard InChI is InChI=1S/C12H12N2O3/c1-17-9-3-4-10(11(7-9)14(15)16)12(8-13)5-2-6-12/h3-4,7H,2,5-6H2,1H3. The van der Waals surface area contributed by atoms with Crippen LogP contribution in [0.4, 0.5) is 5.69 Å². The second kappa shape index (κ2) is 4.06. The van der Waals surface area contributed by atoms with Crippen molar-refractivity contribution >= 4 is 5.69 Å². The Morgan fingerprint density at radius 3 is 2.65 bits per heavy atom. The van der Waals surface area contributed by atoms with E-state index in [4.69, 9.17) is 4.74 Å². The molecule has 1 aromatic carbocycles. The van der Waals surface area contributed by atoms with Crippen LogP contribution in [0.3, 0.4) is 0 Å². The van der Waals surface area contributed by atoms with Gasteiger partial charge in [0.1, 0.15) is 5.75 Å². The highest BCUT2D eigenvalue weighted by Crippen LogP contribution is 2.47. The number of hydrogen-bond acceptors (Lipinski definition) is 4. The Hall–Kier alpha value is -2.09. The lowest BCUT2D eigenvalue weighted by Crippen LogP contribution is -2.33. The predicted molar refractivity (Wildman–Crippen MR) is 60.8 cm³/mol. The first-order valence-corrected chi connectivity index (χ1v) is 5.37. The monoisotopic (exact) mass is 232 g/mol. The highest BCUT2D eigenvalue weighted by molar-refractivity contribution is 5.53. The van der Waals surface area contributed by atoms with E-state index in [2.05, 4.69) is 6.07 Å². The second-order valence-corrected chi connectivity index (χ2v) is 4.19. The summed E-state index contributed by atoms with van der Waals surface area (Å²) in [5, 5.41) is 20.3. The van der Waals surface area contributed by atoms with Crippen LogP contribution < -0.4 is 4.74 Å². The molecule has 5 nitrogen and oxygen atoms in total. The van der Waals surface area contributed by atoms with E-state index in [0.717, 1.165) is 6.42 Å². The SMILES string of the molecule is COc1ccc(C2(C#N)CCC2)c([N+](=O)[O-])c1. The third kappa shape index (κ3) is 1.72. The number of nitriles is 1. The number of nitro benzene ring substituents is 1. The van der Waals surface area contributed by atoms with Crippen molar-refractivity contribution in [2.24, 2.45) is 0 Å². The molecule has 0 radical (unpaired) electrons. The zero-order valence-corrected chi connectivity index (χ0v) is 9.47. The number of benzene rings is 1. The summed E-state index contributed by atoms with van der Waals surface area (Å²) in [5.74, 6) is 0.438. The molecule has 0 bridgehead atoms. The van der Waals surface area contributed by atoms with Crippen LogP contribution in [0.2, 0.25) is 0 Å². The minimum absolute atomic E-state index is 0.0226. The van der Waals surface area contributed by atoms with E-state index in [-0.39, 0.29) is 5.69 Å². The zero-order chi connectivity index (χ0) is 12.5. The van der Waals surface area contributed by atoms with Gasteiger partial charge < -0.3 is 4.74 Å². The summed E-state index contributed by atoms with van der Waals surface area (Å²) in [6.07, 6.45) is 2.32. The van der Waals surface area contributed by atoms with Crippen molar-refractivity contribution in [3.8, 4) is 11.8 Å². The van der Waals surface area contributed by atoms with Crippen LogP contribution in [0.15, 0.2) is 18.2 Å². The first kappa shape index (κ1) is 11.4. The van der Waals surface area contributed by atoms with Gasteiger partial charge in [0.15, 0.2) is 0 Å². The summed E-state index contributed by atoms with van der Waals surface area (Å²) in [5.41, 5.74) is -0.183. The number of hydrogen-bond donors (Lipinski definition) is 0. The normalized spacial score (nSPS) is 16.7. The molecule has 1 aliphatic carbocycles. The van der Waals surface area contributed by atoms with E-state index >= 15 is 0 Å². The Labute approximate surface area is 98.8 Å². The number of methoxy groups -OCH3 is 1. The maximum absolute atomic E-state index is 11.0. The molecule has 0 spiro atoms. The van der Waals surface area contributed by atoms with Crippen LogP contribution in [0.25, 0.3) is 0 Å². The lowest BCUT2D eigenvalue weighted by atomic mass is 9.65. The van der Waals surface area contributed by atoms with Crippen molar-refractivity contribution in [2.45, 2.75) is 24.7 Å². The van der Waals surface area contributed by atoms with Gasteiger partial charge in [-0.15, -0.1) is 0 Å². The molecule has 5 heteroatoms. The van der Waals surface area contributed by atoms with E-state index < -0.39 is 10.3 Å². The van der Waals surface area contributed by atoms with Crippen molar-refractivity contribution < 1.29 is 9.66 Å². The van der Waals surface area contributed by atoms with E-state index in [9.17, 15) is 15.4 Å². The van der Waals surface area contributed by atoms with Gasteiger partial charge in [0.05, 0.1) is 35.1 Å². The summed E-state index contributed by atoms with van der Waals surface area (Å²) in [6.45, 7) is 0. The van der Waals surface area contributed by atoms with Crippen LogP contribution in [-0.4, -0.2) is 12.0 Å². The fourth-order valence-electron chi connectivity index (χ4n) is 2.17. The first-order valence-electron chi connectivity index (χ1n) is 5.37. The molecule has 1 saturated carbocycles. The smallest absolute Gasteiger partial charge is 0.277 e. The van der Waals surface area contributed by atoms with Crippen LogP contribution in [-0.2, 0) is 5.41 Å². The fourth-order valence-corrected chi connectivity index (χ4v) is 2.17. The van der Waals surface area contributed by atoms with E-state index in [1.54, 1.807) is 12.1 Å². The third-order valence-electron chi connectivity index (χ3n) is 3.34. The topological polar surface area (TPSA) is 76.2 Å². The molecule has 0 aliphatic heterocycles. The molecule has 1 aliphatic rings. The average Bonchev–Trinajstić information content (AvgIpc) is 2.28. The summed E-state index contributed by atoms with van der Waals surface area (Å²) >= 11 is 0. The molecule has 88 valence electrons. The van der Waals surface area contributed by atoms with Gasteiger partial charge in [-0.25, -0.2) is 0 Å².